The number of nitrogens with one attached hydrogen (secondary N) is 2. The summed E-state index contributed by atoms with van der Waals surface area (Å²) in [5.41, 5.74) is -2.74. The molecular weight excluding hydrogens is 382 g/mol. The molecule has 28 heavy (non-hydrogen) atoms. The minimum absolute atomic E-state index is 0.188. The molecule has 6 nitrogen and oxygen atoms in total. The Bertz CT molecular complexity index is 1170. The second-order valence-electron chi connectivity index (χ2n) is 5.94. The number of rotatable bonds is 4. The van der Waals surface area contributed by atoms with Crippen LogP contribution < -0.4 is 16.6 Å². The van der Waals surface area contributed by atoms with Gasteiger partial charge in [0.1, 0.15) is 12.4 Å². The first-order valence-electron chi connectivity index (χ1n) is 8.01. The van der Waals surface area contributed by atoms with Crippen LogP contribution in [-0.2, 0) is 24.1 Å². The van der Waals surface area contributed by atoms with Gasteiger partial charge in [0, 0.05) is 6.54 Å². The number of para-hydroxylation sites is 1. The molecule has 0 bridgehead atoms. The van der Waals surface area contributed by atoms with Crippen LogP contribution in [0.4, 0.5) is 17.6 Å². The minimum Gasteiger partial charge on any atom is -0.350 e. The molecule has 0 saturated carbocycles. The first-order chi connectivity index (χ1) is 13.2. The molecule has 1 amide bonds. The number of nitrogens with zero attached hydrogens (tertiary/aromatic N) is 1. The van der Waals surface area contributed by atoms with E-state index < -0.39 is 47.8 Å². The van der Waals surface area contributed by atoms with Crippen molar-refractivity contribution >= 4 is 16.8 Å². The molecule has 0 radical (unpaired) electrons. The number of halogens is 4. The van der Waals surface area contributed by atoms with Gasteiger partial charge in [0.15, 0.2) is 0 Å². The number of aromatic nitrogens is 2. The lowest BCUT2D eigenvalue weighted by Gasteiger charge is -2.14. The van der Waals surface area contributed by atoms with Crippen molar-refractivity contribution in [1.29, 1.82) is 0 Å². The number of H-pyrrole nitrogens is 1. The quantitative estimate of drug-likeness (QED) is 0.664. The fraction of sp³-hybridized carbons (Fsp3) is 0.167. The Morgan fingerprint density at radius 1 is 1.11 bits per heavy atom. The summed E-state index contributed by atoms with van der Waals surface area (Å²) in [7, 11) is 0. The van der Waals surface area contributed by atoms with Gasteiger partial charge in [-0.3, -0.25) is 19.1 Å². The van der Waals surface area contributed by atoms with Crippen LogP contribution in [0.15, 0.2) is 52.1 Å². The second-order valence-corrected chi connectivity index (χ2v) is 5.94. The number of amides is 1. The largest absolute Gasteiger partial charge is 0.416 e. The van der Waals surface area contributed by atoms with Crippen molar-refractivity contribution in [2.75, 3.05) is 0 Å². The standard InChI is InChI=1S/C18H13F4N3O3/c19-11-6-5-10(13(7-11)18(20,21)22)8-23-15(26)9-25-14-4-2-1-3-12(14)16(27)24-17(25)28/h1-7H,8-9H2,(H,23,26)(H,24,27,28). The van der Waals surface area contributed by atoms with E-state index in [0.717, 1.165) is 16.7 Å². The number of benzene rings is 2. The third-order valence-electron chi connectivity index (χ3n) is 4.06. The monoisotopic (exact) mass is 395 g/mol. The van der Waals surface area contributed by atoms with Gasteiger partial charge >= 0.3 is 11.9 Å². The highest BCUT2D eigenvalue weighted by Crippen LogP contribution is 2.32. The number of aromatic amines is 1. The van der Waals surface area contributed by atoms with Crippen LogP contribution >= 0.6 is 0 Å². The zero-order chi connectivity index (χ0) is 20.5. The third-order valence-corrected chi connectivity index (χ3v) is 4.06. The Morgan fingerprint density at radius 3 is 2.54 bits per heavy atom. The maximum atomic E-state index is 13.1. The molecule has 0 aliphatic rings. The molecule has 3 rings (SSSR count). The Balaban J connectivity index is 1.83. The molecule has 10 heteroatoms. The average Bonchev–Trinajstić information content (AvgIpc) is 2.63. The molecule has 146 valence electrons. The molecule has 3 aromatic rings. The molecule has 0 saturated heterocycles. The maximum Gasteiger partial charge on any atom is 0.416 e. The summed E-state index contributed by atoms with van der Waals surface area (Å²) >= 11 is 0. The Morgan fingerprint density at radius 2 is 1.82 bits per heavy atom. The van der Waals surface area contributed by atoms with Crippen LogP contribution in [0.25, 0.3) is 10.9 Å². The van der Waals surface area contributed by atoms with Crippen LogP contribution in [0, 0.1) is 5.82 Å². The van der Waals surface area contributed by atoms with Gasteiger partial charge in [-0.2, -0.15) is 13.2 Å². The lowest BCUT2D eigenvalue weighted by Crippen LogP contribution is -2.36. The molecule has 2 aromatic carbocycles. The summed E-state index contributed by atoms with van der Waals surface area (Å²) in [6.45, 7) is -1.03. The van der Waals surface area contributed by atoms with Gasteiger partial charge < -0.3 is 5.32 Å². The fourth-order valence-electron chi connectivity index (χ4n) is 2.76. The lowest BCUT2D eigenvalue weighted by atomic mass is 10.1. The average molecular weight is 395 g/mol. The molecule has 0 spiro atoms. The predicted molar refractivity (Wildman–Crippen MR) is 92.1 cm³/mol. The predicted octanol–water partition coefficient (Wildman–Crippen LogP) is 2.16. The van der Waals surface area contributed by atoms with Gasteiger partial charge in [0.05, 0.1) is 16.5 Å². The zero-order valence-corrected chi connectivity index (χ0v) is 14.1. The summed E-state index contributed by atoms with van der Waals surface area (Å²) < 4.78 is 53.2. The van der Waals surface area contributed by atoms with E-state index in [2.05, 4.69) is 10.3 Å². The number of carbonyl (C=O) groups excluding carboxylic acids is 1. The number of hydrogen-bond donors (Lipinski definition) is 2. The highest BCUT2D eigenvalue weighted by atomic mass is 19.4. The van der Waals surface area contributed by atoms with E-state index in [-0.39, 0.29) is 16.5 Å². The molecule has 1 heterocycles. The lowest BCUT2D eigenvalue weighted by molar-refractivity contribution is -0.138. The van der Waals surface area contributed by atoms with Crippen molar-refractivity contribution < 1.29 is 22.4 Å². The second kappa shape index (κ2) is 7.29. The van der Waals surface area contributed by atoms with Crippen molar-refractivity contribution in [1.82, 2.24) is 14.9 Å². The number of carbonyl (C=O) groups is 1. The minimum atomic E-state index is -4.78. The Hall–Kier alpha value is -3.43. The third kappa shape index (κ3) is 3.95. The van der Waals surface area contributed by atoms with Gasteiger partial charge in [0.25, 0.3) is 5.56 Å². The van der Waals surface area contributed by atoms with Gasteiger partial charge in [-0.25, -0.2) is 9.18 Å². The van der Waals surface area contributed by atoms with Crippen LogP contribution in [-0.4, -0.2) is 15.5 Å². The van der Waals surface area contributed by atoms with Gasteiger partial charge in [-0.1, -0.05) is 18.2 Å². The molecule has 1 aromatic heterocycles. The molecule has 0 aliphatic carbocycles. The number of alkyl halides is 3. The SMILES string of the molecule is O=C(Cn1c(=O)[nH]c(=O)c2ccccc21)NCc1ccc(F)cc1C(F)(F)F. The van der Waals surface area contributed by atoms with Crippen LogP contribution in [0.3, 0.4) is 0 Å². The van der Waals surface area contributed by atoms with E-state index in [9.17, 15) is 31.9 Å². The summed E-state index contributed by atoms with van der Waals surface area (Å²) in [6.07, 6.45) is -4.78. The van der Waals surface area contributed by atoms with Gasteiger partial charge in [-0.15, -0.1) is 0 Å². The number of fused-ring (bicyclic) bond motifs is 1. The van der Waals surface area contributed by atoms with Gasteiger partial charge in [-0.05, 0) is 29.8 Å². The van der Waals surface area contributed by atoms with Crippen molar-refractivity contribution in [3.8, 4) is 0 Å². The van der Waals surface area contributed by atoms with E-state index in [0.29, 0.717) is 6.07 Å². The maximum absolute atomic E-state index is 13.1. The summed E-state index contributed by atoms with van der Waals surface area (Å²) in [6, 6.07) is 8.23. The first kappa shape index (κ1) is 19.3. The van der Waals surface area contributed by atoms with Gasteiger partial charge in [0.2, 0.25) is 5.91 Å². The Labute approximate surface area is 154 Å². The van der Waals surface area contributed by atoms with Crippen molar-refractivity contribution in [2.45, 2.75) is 19.3 Å². The molecule has 0 fully saturated rings. The molecule has 2 N–H and O–H groups in total. The van der Waals surface area contributed by atoms with E-state index in [1.54, 1.807) is 12.1 Å². The van der Waals surface area contributed by atoms with E-state index in [1.165, 1.54) is 12.1 Å². The van der Waals surface area contributed by atoms with Crippen molar-refractivity contribution in [3.63, 3.8) is 0 Å². The summed E-state index contributed by atoms with van der Waals surface area (Å²) in [5, 5.41) is 2.46. The fourth-order valence-corrected chi connectivity index (χ4v) is 2.76. The van der Waals surface area contributed by atoms with Crippen LogP contribution in [0.1, 0.15) is 11.1 Å². The summed E-state index contributed by atoms with van der Waals surface area (Å²) in [5.74, 6) is -1.80. The van der Waals surface area contributed by atoms with Crippen LogP contribution in [0.5, 0.6) is 0 Å². The molecule has 0 atom stereocenters. The number of hydrogen-bond acceptors (Lipinski definition) is 3. The molecule has 0 aliphatic heterocycles. The van der Waals surface area contributed by atoms with E-state index >= 15 is 0 Å². The smallest absolute Gasteiger partial charge is 0.350 e. The van der Waals surface area contributed by atoms with Crippen LogP contribution in [0.2, 0.25) is 0 Å². The van der Waals surface area contributed by atoms with Crippen molar-refractivity contribution in [3.05, 3.63) is 80.2 Å². The van der Waals surface area contributed by atoms with Crippen molar-refractivity contribution in [2.24, 2.45) is 0 Å². The van der Waals surface area contributed by atoms with E-state index in [4.69, 9.17) is 0 Å². The highest BCUT2D eigenvalue weighted by molar-refractivity contribution is 5.81. The topological polar surface area (TPSA) is 84.0 Å². The van der Waals surface area contributed by atoms with E-state index in [1.807, 2.05) is 0 Å². The normalized spacial score (nSPS) is 11.6. The summed E-state index contributed by atoms with van der Waals surface area (Å²) in [4.78, 5) is 38.1. The Kier molecular flexibility index (Phi) is 5.04. The highest BCUT2D eigenvalue weighted by Gasteiger charge is 2.33. The molecule has 0 unspecified atom stereocenters. The molecular formula is C18H13F4N3O3. The zero-order valence-electron chi connectivity index (χ0n) is 14.1. The first-order valence-corrected chi connectivity index (χ1v) is 8.01.